The molecule has 0 saturated carbocycles. The van der Waals surface area contributed by atoms with Gasteiger partial charge in [0.15, 0.2) is 0 Å². The smallest absolute Gasteiger partial charge is 0.339 e. The normalized spacial score (nSPS) is 20.6. The summed E-state index contributed by atoms with van der Waals surface area (Å²) in [4.78, 5) is 10.8. The van der Waals surface area contributed by atoms with Crippen LogP contribution in [0.1, 0.15) is 22.0 Å². The third-order valence-electron chi connectivity index (χ3n) is 2.58. The van der Waals surface area contributed by atoms with Crippen LogP contribution in [-0.2, 0) is 4.74 Å². The van der Waals surface area contributed by atoms with Crippen molar-refractivity contribution in [3.63, 3.8) is 0 Å². The Balaban J connectivity index is 2.27. The lowest BCUT2D eigenvalue weighted by molar-refractivity contribution is 0.0690. The zero-order valence-electron chi connectivity index (χ0n) is 8.64. The molecule has 86 valence electrons. The Morgan fingerprint density at radius 2 is 2.31 bits per heavy atom. The van der Waals surface area contributed by atoms with Crippen LogP contribution in [0.3, 0.4) is 0 Å². The van der Waals surface area contributed by atoms with Crippen molar-refractivity contribution in [2.45, 2.75) is 6.04 Å². The van der Waals surface area contributed by atoms with Crippen molar-refractivity contribution in [1.29, 1.82) is 0 Å². The number of benzene rings is 1. The number of carbonyl (C=O) groups is 1. The summed E-state index contributed by atoms with van der Waals surface area (Å²) in [5.41, 5.74) is 0.736. The van der Waals surface area contributed by atoms with E-state index in [1.54, 1.807) is 6.07 Å². The molecule has 1 aromatic carbocycles. The van der Waals surface area contributed by atoms with E-state index >= 15 is 0 Å². The average molecular weight is 223 g/mol. The maximum Gasteiger partial charge on any atom is 0.339 e. The minimum atomic E-state index is -1.13. The Kier molecular flexibility index (Phi) is 3.07. The first-order valence-corrected chi connectivity index (χ1v) is 5.06. The van der Waals surface area contributed by atoms with Gasteiger partial charge in [0.25, 0.3) is 0 Å². The van der Waals surface area contributed by atoms with Crippen molar-refractivity contribution >= 4 is 5.97 Å². The Bertz CT molecular complexity index is 399. The van der Waals surface area contributed by atoms with E-state index in [2.05, 4.69) is 5.32 Å². The van der Waals surface area contributed by atoms with E-state index < -0.39 is 5.97 Å². The highest BCUT2D eigenvalue weighted by molar-refractivity contribution is 5.90. The van der Waals surface area contributed by atoms with Crippen LogP contribution in [-0.4, -0.2) is 35.9 Å². The standard InChI is InChI=1S/C11H13NO4/c13-10-2-1-7(5-8(10)11(14)15)9-6-16-4-3-12-9/h1-2,5,9,12-13H,3-4,6H2,(H,14,15)/t9-/m1/s1. The number of morpholine rings is 1. The third-order valence-corrected chi connectivity index (χ3v) is 2.58. The van der Waals surface area contributed by atoms with Crippen LogP contribution >= 0.6 is 0 Å². The number of carboxylic acid groups (broad SMARTS) is 1. The molecule has 16 heavy (non-hydrogen) atoms. The molecule has 0 radical (unpaired) electrons. The van der Waals surface area contributed by atoms with E-state index in [9.17, 15) is 9.90 Å². The van der Waals surface area contributed by atoms with E-state index in [0.29, 0.717) is 13.2 Å². The molecule has 0 amide bonds. The van der Waals surface area contributed by atoms with Gasteiger partial charge in [-0.25, -0.2) is 4.79 Å². The predicted octanol–water partition coefficient (Wildman–Crippen LogP) is 0.751. The van der Waals surface area contributed by atoms with Crippen molar-refractivity contribution in [2.24, 2.45) is 0 Å². The molecule has 2 rings (SSSR count). The van der Waals surface area contributed by atoms with Crippen molar-refractivity contribution in [2.75, 3.05) is 19.8 Å². The first kappa shape index (κ1) is 10.9. The molecule has 1 aliphatic heterocycles. The molecular weight excluding hydrogens is 210 g/mol. The van der Waals surface area contributed by atoms with Gasteiger partial charge in [0.05, 0.1) is 19.3 Å². The lowest BCUT2D eigenvalue weighted by Gasteiger charge is -2.24. The summed E-state index contributed by atoms with van der Waals surface area (Å²) in [6.45, 7) is 1.93. The number of ether oxygens (including phenoxy) is 1. The lowest BCUT2D eigenvalue weighted by Crippen LogP contribution is -2.34. The number of nitrogens with one attached hydrogen (secondary N) is 1. The highest BCUT2D eigenvalue weighted by Crippen LogP contribution is 2.23. The minimum Gasteiger partial charge on any atom is -0.507 e. The molecule has 3 N–H and O–H groups in total. The van der Waals surface area contributed by atoms with Crippen LogP contribution in [0.2, 0.25) is 0 Å². The number of hydrogen-bond donors (Lipinski definition) is 3. The van der Waals surface area contributed by atoms with Gasteiger partial charge in [-0.3, -0.25) is 0 Å². The van der Waals surface area contributed by atoms with Gasteiger partial charge in [0, 0.05) is 6.54 Å². The van der Waals surface area contributed by atoms with Crippen molar-refractivity contribution < 1.29 is 19.7 Å². The summed E-state index contributed by atoms with van der Waals surface area (Å²) >= 11 is 0. The fourth-order valence-electron chi connectivity index (χ4n) is 1.72. The van der Waals surface area contributed by atoms with Crippen LogP contribution in [0, 0.1) is 0 Å². The molecule has 0 bridgehead atoms. The SMILES string of the molecule is O=C(O)c1cc([C@H]2COCCN2)ccc1O. The van der Waals surface area contributed by atoms with Gasteiger partial charge < -0.3 is 20.3 Å². The fourth-order valence-corrected chi connectivity index (χ4v) is 1.72. The maximum atomic E-state index is 10.8. The summed E-state index contributed by atoms with van der Waals surface area (Å²) in [6.07, 6.45) is 0. The molecule has 1 saturated heterocycles. The number of hydrogen-bond acceptors (Lipinski definition) is 4. The zero-order valence-corrected chi connectivity index (χ0v) is 8.64. The van der Waals surface area contributed by atoms with E-state index in [-0.39, 0.29) is 17.4 Å². The van der Waals surface area contributed by atoms with E-state index in [1.165, 1.54) is 12.1 Å². The monoisotopic (exact) mass is 223 g/mol. The number of phenols is 1. The second-order valence-electron chi connectivity index (χ2n) is 3.66. The van der Waals surface area contributed by atoms with Crippen LogP contribution in [0.15, 0.2) is 18.2 Å². The molecular formula is C11H13NO4. The quantitative estimate of drug-likeness (QED) is 0.689. The largest absolute Gasteiger partial charge is 0.507 e. The van der Waals surface area contributed by atoms with Gasteiger partial charge in [-0.15, -0.1) is 0 Å². The third kappa shape index (κ3) is 2.15. The highest BCUT2D eigenvalue weighted by atomic mass is 16.5. The molecule has 1 fully saturated rings. The van der Waals surface area contributed by atoms with Crippen molar-refractivity contribution in [3.8, 4) is 5.75 Å². The molecule has 1 heterocycles. The number of aromatic hydroxyl groups is 1. The van der Waals surface area contributed by atoms with Crippen molar-refractivity contribution in [3.05, 3.63) is 29.3 Å². The van der Waals surface area contributed by atoms with Crippen molar-refractivity contribution in [1.82, 2.24) is 5.32 Å². The molecule has 5 heteroatoms. The van der Waals surface area contributed by atoms with Gasteiger partial charge >= 0.3 is 5.97 Å². The van der Waals surface area contributed by atoms with Gasteiger partial charge in [0.1, 0.15) is 11.3 Å². The van der Waals surface area contributed by atoms with Gasteiger partial charge in [0.2, 0.25) is 0 Å². The number of aromatic carboxylic acids is 1. The van der Waals surface area contributed by atoms with Crippen LogP contribution in [0.5, 0.6) is 5.75 Å². The fraction of sp³-hybridized carbons (Fsp3) is 0.364. The second kappa shape index (κ2) is 4.51. The summed E-state index contributed by atoms with van der Waals surface area (Å²) in [6, 6.07) is 4.57. The van der Waals surface area contributed by atoms with Gasteiger partial charge in [-0.05, 0) is 17.7 Å². The van der Waals surface area contributed by atoms with Crippen LogP contribution in [0.4, 0.5) is 0 Å². The van der Waals surface area contributed by atoms with Crippen LogP contribution in [0.25, 0.3) is 0 Å². The van der Waals surface area contributed by atoms with E-state index in [4.69, 9.17) is 9.84 Å². The Morgan fingerprint density at radius 1 is 1.50 bits per heavy atom. The zero-order chi connectivity index (χ0) is 11.5. The Labute approximate surface area is 92.7 Å². The summed E-state index contributed by atoms with van der Waals surface area (Å²) in [5, 5.41) is 21.5. The summed E-state index contributed by atoms with van der Waals surface area (Å²) in [7, 11) is 0. The molecule has 1 aliphatic rings. The predicted molar refractivity (Wildman–Crippen MR) is 56.6 cm³/mol. The topological polar surface area (TPSA) is 78.8 Å². The number of carboxylic acids is 1. The van der Waals surface area contributed by atoms with Crippen LogP contribution < -0.4 is 5.32 Å². The van der Waals surface area contributed by atoms with E-state index in [0.717, 1.165) is 12.1 Å². The summed E-state index contributed by atoms with van der Waals surface area (Å²) < 4.78 is 5.29. The first-order valence-electron chi connectivity index (χ1n) is 5.06. The molecule has 5 nitrogen and oxygen atoms in total. The molecule has 0 spiro atoms. The average Bonchev–Trinajstić information content (AvgIpc) is 2.30. The molecule has 0 unspecified atom stereocenters. The number of rotatable bonds is 2. The van der Waals surface area contributed by atoms with Gasteiger partial charge in [-0.2, -0.15) is 0 Å². The molecule has 0 aliphatic carbocycles. The Morgan fingerprint density at radius 3 is 2.94 bits per heavy atom. The minimum absolute atomic E-state index is 0.00699. The first-order chi connectivity index (χ1) is 7.68. The summed E-state index contributed by atoms with van der Waals surface area (Å²) in [5.74, 6) is -1.34. The molecule has 1 aromatic rings. The lowest BCUT2D eigenvalue weighted by atomic mass is 10.0. The molecule has 1 atom stereocenters. The Hall–Kier alpha value is -1.59. The maximum absolute atomic E-state index is 10.8. The highest BCUT2D eigenvalue weighted by Gasteiger charge is 2.18. The second-order valence-corrected chi connectivity index (χ2v) is 3.66. The van der Waals surface area contributed by atoms with E-state index in [1.807, 2.05) is 0 Å². The molecule has 0 aromatic heterocycles. The van der Waals surface area contributed by atoms with Gasteiger partial charge in [-0.1, -0.05) is 6.07 Å².